The summed E-state index contributed by atoms with van der Waals surface area (Å²) in [7, 11) is 0.762. The van der Waals surface area contributed by atoms with E-state index in [2.05, 4.69) is 86.9 Å². The molecule has 0 amide bonds. The molecule has 4 heteroatoms. The molecule has 0 atom stereocenters. The van der Waals surface area contributed by atoms with Gasteiger partial charge in [-0.3, -0.25) is 0 Å². The van der Waals surface area contributed by atoms with E-state index in [1.165, 1.54) is 4.46 Å². The summed E-state index contributed by atoms with van der Waals surface area (Å²) in [4.78, 5) is 6.51. The maximum atomic E-state index is 3.27. The molecule has 0 aliphatic carbocycles. The Hall–Kier alpha value is 1.11. The third-order valence-corrected chi connectivity index (χ3v) is 16.8. The molecule has 1 rings (SSSR count). The van der Waals surface area contributed by atoms with Crippen LogP contribution in [0.2, 0.25) is 28.0 Å². The zero-order valence-electron chi connectivity index (χ0n) is 12.5. The fourth-order valence-corrected chi connectivity index (χ4v) is 13.9. The predicted octanol–water partition coefficient (Wildman–Crippen LogP) is 3.54. The Labute approximate surface area is 132 Å². The summed E-state index contributed by atoms with van der Waals surface area (Å²) in [6.07, 6.45) is 0. The van der Waals surface area contributed by atoms with Crippen LogP contribution in [0.3, 0.4) is 0 Å². The molecular weight excluding hydrogens is 426 g/mol. The van der Waals surface area contributed by atoms with Crippen molar-refractivity contribution in [3.63, 3.8) is 0 Å². The zero-order valence-corrected chi connectivity index (χ0v) is 18.9. The van der Waals surface area contributed by atoms with Crippen molar-refractivity contribution in [2.45, 2.75) is 53.7 Å². The molecule has 0 N–H and O–H groups in total. The first kappa shape index (κ1) is 17.2. The number of rotatable bonds is 3. The van der Waals surface area contributed by atoms with E-state index < -0.39 is 26.5 Å². The normalized spacial score (nSPS) is 13.1. The summed E-state index contributed by atoms with van der Waals surface area (Å²) >= 11 is 2.08. The molecule has 0 nitrogen and oxygen atoms in total. The van der Waals surface area contributed by atoms with Gasteiger partial charge >= 0.3 is 133 Å². The summed E-state index contributed by atoms with van der Waals surface area (Å²) in [6.45, 7) is 12.2. The first-order valence-corrected chi connectivity index (χ1v) is 20.2. The van der Waals surface area contributed by atoms with Crippen molar-refractivity contribution < 1.29 is 0 Å². The van der Waals surface area contributed by atoms with Gasteiger partial charge in [-0.25, -0.2) is 0 Å². The number of hydrogen-bond acceptors (Lipinski definition) is 1. The number of benzene rings is 1. The van der Waals surface area contributed by atoms with Crippen LogP contribution in [0.25, 0.3) is 0 Å². The van der Waals surface area contributed by atoms with Gasteiger partial charge in [-0.05, 0) is 0 Å². The fourth-order valence-electron chi connectivity index (χ4n) is 1.72. The summed E-state index contributed by atoms with van der Waals surface area (Å²) in [6, 6.07) is 6.83. The monoisotopic (exact) mass is 452 g/mol. The Balaban J connectivity index is 3.36. The third-order valence-electron chi connectivity index (χ3n) is 3.83. The van der Waals surface area contributed by atoms with Crippen molar-refractivity contribution in [1.29, 1.82) is 0 Å². The molecule has 0 aromatic heterocycles. The molecule has 0 saturated carbocycles. The molecule has 0 aliphatic rings. The standard InChI is InChI=1S/C12H19SSeSi.2CH3.Sn/c1-12(2,3)15(4,5)10-8-6-7-9(14)11(10)13;;;/h6-8,13H,1-5H3;2*1H3;/q;;;+1/p-1. The van der Waals surface area contributed by atoms with Crippen LogP contribution >= 0.6 is 8.95 Å². The molecule has 0 spiro atoms. The Morgan fingerprint density at radius 2 is 1.72 bits per heavy atom. The van der Waals surface area contributed by atoms with E-state index in [0.717, 1.165) is 0 Å². The third kappa shape index (κ3) is 3.81. The topological polar surface area (TPSA) is 0 Å². The molecule has 0 unspecified atom stereocenters. The average molecular weight is 450 g/mol. The van der Waals surface area contributed by atoms with Gasteiger partial charge in [0, 0.05) is 0 Å². The second kappa shape index (κ2) is 6.25. The van der Waals surface area contributed by atoms with Crippen LogP contribution < -0.4 is 9.65 Å². The molecule has 2 radical (unpaired) electrons. The first-order chi connectivity index (χ1) is 8.07. The van der Waals surface area contributed by atoms with Crippen LogP contribution in [0.15, 0.2) is 23.1 Å². The average Bonchev–Trinajstić information content (AvgIpc) is 2.18. The molecule has 100 valence electrons. The first-order valence-electron chi connectivity index (χ1n) is 6.36. The van der Waals surface area contributed by atoms with Crippen molar-refractivity contribution >= 4 is 61.1 Å². The van der Waals surface area contributed by atoms with Crippen LogP contribution in [0, 0.1) is 0 Å². The molecule has 18 heavy (non-hydrogen) atoms. The van der Waals surface area contributed by atoms with Crippen molar-refractivity contribution in [1.82, 2.24) is 0 Å². The van der Waals surface area contributed by atoms with Gasteiger partial charge in [0.25, 0.3) is 0 Å². The summed E-state index contributed by atoms with van der Waals surface area (Å²) in [5.41, 5.74) is 0. The number of hydrogen-bond donors (Lipinski definition) is 0. The molecular formula is C14H24SSeSiSn. The quantitative estimate of drug-likeness (QED) is 0.636. The Bertz CT molecular complexity index is 424. The molecule has 0 fully saturated rings. The van der Waals surface area contributed by atoms with Crippen molar-refractivity contribution in [3.05, 3.63) is 18.2 Å². The van der Waals surface area contributed by atoms with Gasteiger partial charge in [-0.2, -0.15) is 0 Å². The van der Waals surface area contributed by atoms with Crippen LogP contribution in [0.5, 0.6) is 0 Å². The predicted molar refractivity (Wildman–Crippen MR) is 92.0 cm³/mol. The summed E-state index contributed by atoms with van der Waals surface area (Å²) in [5.74, 6) is 0. The SMILES string of the molecule is [CH3][Sn]([CH3])[S]c1c([Se])cccc1[Si](C)(C)C(C)(C)C. The van der Waals surface area contributed by atoms with E-state index in [9.17, 15) is 0 Å². The van der Waals surface area contributed by atoms with Gasteiger partial charge in [0.15, 0.2) is 0 Å². The van der Waals surface area contributed by atoms with Gasteiger partial charge in [-0.1, -0.05) is 0 Å². The molecule has 1 aromatic carbocycles. The van der Waals surface area contributed by atoms with Crippen molar-refractivity contribution in [3.8, 4) is 0 Å². The van der Waals surface area contributed by atoms with Gasteiger partial charge in [-0.15, -0.1) is 0 Å². The van der Waals surface area contributed by atoms with Gasteiger partial charge in [0.1, 0.15) is 0 Å². The van der Waals surface area contributed by atoms with E-state index in [1.807, 2.05) is 0 Å². The molecule has 0 bridgehead atoms. The Morgan fingerprint density at radius 3 is 2.17 bits per heavy atom. The van der Waals surface area contributed by atoms with E-state index in [4.69, 9.17) is 0 Å². The molecule has 0 saturated heterocycles. The second-order valence-corrected chi connectivity index (χ2v) is 25.8. The van der Waals surface area contributed by atoms with Gasteiger partial charge in [0.2, 0.25) is 0 Å². The fraction of sp³-hybridized carbons (Fsp3) is 0.571. The van der Waals surface area contributed by atoms with E-state index in [-0.39, 0.29) is 0 Å². The molecule has 0 aliphatic heterocycles. The molecule has 0 heterocycles. The summed E-state index contributed by atoms with van der Waals surface area (Å²) < 4.78 is 1.36. The zero-order chi connectivity index (χ0) is 14.1. The van der Waals surface area contributed by atoms with Gasteiger partial charge < -0.3 is 0 Å². The summed E-state index contributed by atoms with van der Waals surface area (Å²) in [5, 5.41) is 2.05. The van der Waals surface area contributed by atoms with Crippen molar-refractivity contribution in [2.75, 3.05) is 0 Å². The second-order valence-electron chi connectivity index (χ2n) is 6.52. The van der Waals surface area contributed by atoms with E-state index in [0.29, 0.717) is 5.04 Å². The van der Waals surface area contributed by atoms with Crippen LogP contribution in [0.4, 0.5) is 0 Å². The Morgan fingerprint density at radius 1 is 1.17 bits per heavy atom. The maximum absolute atomic E-state index is 3.27. The Kier molecular flexibility index (Phi) is 5.96. The minimum absolute atomic E-state index is 0.404. The minimum atomic E-state index is -1.43. The molecule has 1 aromatic rings. The van der Waals surface area contributed by atoms with Crippen LogP contribution in [-0.4, -0.2) is 42.5 Å². The van der Waals surface area contributed by atoms with Crippen LogP contribution in [0.1, 0.15) is 20.8 Å². The van der Waals surface area contributed by atoms with Gasteiger partial charge in [0.05, 0.1) is 0 Å². The van der Waals surface area contributed by atoms with Crippen molar-refractivity contribution in [2.24, 2.45) is 0 Å². The van der Waals surface area contributed by atoms with E-state index in [1.54, 1.807) is 10.1 Å². The van der Waals surface area contributed by atoms with E-state index >= 15 is 0 Å². The van der Waals surface area contributed by atoms with Crippen LogP contribution in [-0.2, 0) is 0 Å².